The molecule has 1 aliphatic heterocycles. The van der Waals surface area contributed by atoms with E-state index in [0.29, 0.717) is 19.8 Å². The Morgan fingerprint density at radius 2 is 2.04 bits per heavy atom. The highest BCUT2D eigenvalue weighted by atomic mass is 32.5. The highest BCUT2D eigenvalue weighted by molar-refractivity contribution is 8.15. The number of nitrogens with zero attached hydrogens (tertiary/aromatic N) is 1. The van der Waals surface area contributed by atoms with Gasteiger partial charge in [-0.25, -0.2) is 4.79 Å². The van der Waals surface area contributed by atoms with Crippen molar-refractivity contribution in [3.63, 3.8) is 0 Å². The average Bonchev–Trinajstić information content (AvgIpc) is 2.92. The number of carbonyl (C=O) groups is 1. The van der Waals surface area contributed by atoms with Crippen LogP contribution >= 0.6 is 18.6 Å². The smallest absolute Gasteiger partial charge is 0.405 e. The lowest BCUT2D eigenvalue weighted by Gasteiger charge is -2.34. The fraction of sp³-hybridized carbons (Fsp3) is 0.611. The van der Waals surface area contributed by atoms with E-state index in [2.05, 4.69) is 5.32 Å². The number of hydrogen-bond donors (Lipinski definition) is 2. The zero-order valence-electron chi connectivity index (χ0n) is 16.9. The molecule has 1 amide bonds. The van der Waals surface area contributed by atoms with Crippen LogP contribution in [0.4, 0.5) is 4.79 Å². The molecule has 0 saturated heterocycles. The molecule has 7 nitrogen and oxygen atoms in total. The normalized spacial score (nSPS) is 16.5. The van der Waals surface area contributed by atoms with Gasteiger partial charge in [-0.15, -0.1) is 0 Å². The zero-order chi connectivity index (χ0) is 20.9. The molecule has 0 bridgehead atoms. The van der Waals surface area contributed by atoms with E-state index in [4.69, 9.17) is 25.6 Å². The second kappa shape index (κ2) is 9.78. The maximum atomic E-state index is 11.5. The molecule has 1 aliphatic rings. The van der Waals surface area contributed by atoms with Crippen LogP contribution in [0.1, 0.15) is 51.1 Å². The van der Waals surface area contributed by atoms with Crippen LogP contribution in [0.25, 0.3) is 0 Å². The van der Waals surface area contributed by atoms with E-state index in [1.165, 1.54) is 11.9 Å². The fourth-order valence-corrected chi connectivity index (χ4v) is 7.57. The molecule has 2 N–H and O–H groups in total. The van der Waals surface area contributed by atoms with Crippen LogP contribution in [0.15, 0.2) is 18.2 Å². The molecule has 28 heavy (non-hydrogen) atoms. The van der Waals surface area contributed by atoms with Crippen molar-refractivity contribution in [2.24, 2.45) is 0 Å². The first-order valence-electron chi connectivity index (χ1n) is 9.30. The van der Waals surface area contributed by atoms with Crippen molar-refractivity contribution < 1.29 is 23.7 Å². The molecule has 1 atom stereocenters. The van der Waals surface area contributed by atoms with Crippen LogP contribution in [-0.2, 0) is 27.3 Å². The minimum Gasteiger partial charge on any atom is -0.487 e. The predicted molar refractivity (Wildman–Crippen MR) is 116 cm³/mol. The summed E-state index contributed by atoms with van der Waals surface area (Å²) in [6.45, 7) is 8.36. The first-order valence-corrected chi connectivity index (χ1v) is 12.7. The standard InChI is InChI=1S/C18H29N2O5PS2/c1-6-20(26(27,23-7-2)24-8-3)28-16(19-17(21)22)14-11-9-10-13-12-18(4,5)25-15(13)14/h9-11,16,19H,6-8,12H2,1-5H3,(H,21,22). The van der Waals surface area contributed by atoms with Crippen LogP contribution in [0.5, 0.6) is 5.75 Å². The van der Waals surface area contributed by atoms with Gasteiger partial charge in [0.25, 0.3) is 6.64 Å². The van der Waals surface area contributed by atoms with Gasteiger partial charge in [-0.1, -0.05) is 25.1 Å². The summed E-state index contributed by atoms with van der Waals surface area (Å²) < 4.78 is 19.6. The minimum atomic E-state index is -2.74. The van der Waals surface area contributed by atoms with Gasteiger partial charge in [0.2, 0.25) is 0 Å². The van der Waals surface area contributed by atoms with Crippen molar-refractivity contribution >= 4 is 36.5 Å². The Morgan fingerprint density at radius 1 is 1.39 bits per heavy atom. The molecular weight excluding hydrogens is 419 g/mol. The van der Waals surface area contributed by atoms with Gasteiger partial charge in [0, 0.05) is 18.5 Å². The Labute approximate surface area is 176 Å². The quantitative estimate of drug-likeness (QED) is 0.296. The molecule has 0 spiro atoms. The SMILES string of the molecule is CCOP(=S)(OCC)N(CC)SC(NC(=O)O)c1cccc2c1OC(C)(C)C2. The number of rotatable bonds is 10. The summed E-state index contributed by atoms with van der Waals surface area (Å²) in [4.78, 5) is 11.5. The lowest BCUT2D eigenvalue weighted by Crippen LogP contribution is -2.29. The van der Waals surface area contributed by atoms with E-state index in [0.717, 1.165) is 23.3 Å². The maximum absolute atomic E-state index is 11.5. The lowest BCUT2D eigenvalue weighted by atomic mass is 10.0. The van der Waals surface area contributed by atoms with Gasteiger partial charge >= 0.3 is 6.09 Å². The van der Waals surface area contributed by atoms with Crippen molar-refractivity contribution in [3.8, 4) is 5.75 Å². The van der Waals surface area contributed by atoms with Gasteiger partial charge < -0.3 is 24.2 Å². The van der Waals surface area contributed by atoms with Crippen molar-refractivity contribution in [2.75, 3.05) is 19.8 Å². The second-order valence-electron chi connectivity index (χ2n) is 6.78. The van der Waals surface area contributed by atoms with Gasteiger partial charge in [0.1, 0.15) is 16.7 Å². The average molecular weight is 449 g/mol. The van der Waals surface area contributed by atoms with Gasteiger partial charge in [-0.3, -0.25) is 0 Å². The van der Waals surface area contributed by atoms with Gasteiger partial charge in [-0.05, 0) is 57.0 Å². The molecule has 10 heteroatoms. The third kappa shape index (κ3) is 5.62. The molecule has 158 valence electrons. The molecular formula is C18H29N2O5PS2. The largest absolute Gasteiger partial charge is 0.487 e. The summed E-state index contributed by atoms with van der Waals surface area (Å²) >= 11 is 6.98. The Hall–Kier alpha value is -0.830. The number of benzene rings is 1. The molecule has 1 aromatic carbocycles. The van der Waals surface area contributed by atoms with Crippen LogP contribution in [0, 0.1) is 0 Å². The van der Waals surface area contributed by atoms with Crippen molar-refractivity contribution in [1.82, 2.24) is 9.39 Å². The molecule has 0 radical (unpaired) electrons. The second-order valence-corrected chi connectivity index (χ2v) is 11.5. The van der Waals surface area contributed by atoms with Crippen LogP contribution in [0.3, 0.4) is 0 Å². The molecule has 0 aliphatic carbocycles. The van der Waals surface area contributed by atoms with E-state index in [1.54, 1.807) is 0 Å². The highest BCUT2D eigenvalue weighted by Gasteiger charge is 2.36. The van der Waals surface area contributed by atoms with E-state index < -0.39 is 18.1 Å². The van der Waals surface area contributed by atoms with E-state index in [1.807, 2.05) is 56.9 Å². The number of carboxylic acid groups (broad SMARTS) is 1. The summed E-state index contributed by atoms with van der Waals surface area (Å²) in [5, 5.41) is 11.4. The summed E-state index contributed by atoms with van der Waals surface area (Å²) in [7, 11) is 0. The number of hydrogen-bond acceptors (Lipinski definition) is 6. The van der Waals surface area contributed by atoms with Crippen molar-refractivity contribution in [3.05, 3.63) is 29.3 Å². The van der Waals surface area contributed by atoms with Crippen LogP contribution in [-0.4, -0.2) is 40.6 Å². The van der Waals surface area contributed by atoms with Gasteiger partial charge in [0.05, 0.1) is 13.2 Å². The zero-order valence-corrected chi connectivity index (χ0v) is 19.5. The molecule has 1 unspecified atom stereocenters. The first-order chi connectivity index (χ1) is 13.2. The Bertz CT molecular complexity index is 737. The number of fused-ring (bicyclic) bond motifs is 1. The third-order valence-corrected chi connectivity index (χ3v) is 9.56. The maximum Gasteiger partial charge on any atom is 0.405 e. The summed E-state index contributed by atoms with van der Waals surface area (Å²) in [5.74, 6) is 0.732. The fourth-order valence-electron chi connectivity index (χ4n) is 3.04. The van der Waals surface area contributed by atoms with E-state index in [9.17, 15) is 9.90 Å². The number of nitrogens with one attached hydrogen (secondary N) is 1. The van der Waals surface area contributed by atoms with E-state index >= 15 is 0 Å². The van der Waals surface area contributed by atoms with E-state index in [-0.39, 0.29) is 5.60 Å². The predicted octanol–water partition coefficient (Wildman–Crippen LogP) is 4.93. The molecule has 2 rings (SSSR count). The summed E-state index contributed by atoms with van der Waals surface area (Å²) in [6.07, 6.45) is -0.349. The summed E-state index contributed by atoms with van der Waals surface area (Å²) in [6, 6.07) is 5.82. The molecule has 0 fully saturated rings. The topological polar surface area (TPSA) is 80.3 Å². The van der Waals surface area contributed by atoms with Gasteiger partial charge in [-0.2, -0.15) is 4.08 Å². The molecule has 0 saturated carbocycles. The number of ether oxygens (including phenoxy) is 1. The van der Waals surface area contributed by atoms with Crippen LogP contribution in [0.2, 0.25) is 0 Å². The Balaban J connectivity index is 2.39. The third-order valence-electron chi connectivity index (χ3n) is 4.01. The Morgan fingerprint density at radius 3 is 2.57 bits per heavy atom. The summed E-state index contributed by atoms with van der Waals surface area (Å²) in [5.41, 5.74) is 1.51. The molecule has 0 aromatic heterocycles. The van der Waals surface area contributed by atoms with Crippen molar-refractivity contribution in [1.29, 1.82) is 0 Å². The van der Waals surface area contributed by atoms with Crippen molar-refractivity contribution in [2.45, 2.75) is 52.0 Å². The monoisotopic (exact) mass is 448 g/mol. The first kappa shape index (κ1) is 23.4. The number of para-hydroxylation sites is 1. The molecule has 1 aromatic rings. The van der Waals surface area contributed by atoms with Crippen LogP contribution < -0.4 is 10.1 Å². The molecule has 1 heterocycles. The highest BCUT2D eigenvalue weighted by Crippen LogP contribution is 2.58. The lowest BCUT2D eigenvalue weighted by molar-refractivity contribution is 0.137. The number of amides is 1. The Kier molecular flexibility index (Phi) is 8.19. The van der Waals surface area contributed by atoms with Gasteiger partial charge in [0.15, 0.2) is 0 Å². The minimum absolute atomic E-state index is 0.327.